The fourth-order valence-corrected chi connectivity index (χ4v) is 1.57. The van der Waals surface area contributed by atoms with E-state index in [-0.39, 0.29) is 5.78 Å². The molecule has 0 bridgehead atoms. The molecule has 0 aliphatic rings. The Morgan fingerprint density at radius 2 is 1.71 bits per heavy atom. The lowest BCUT2D eigenvalue weighted by atomic mass is 9.94. The molecule has 2 atom stereocenters. The molecule has 1 aromatic rings. The van der Waals surface area contributed by atoms with Crippen LogP contribution in [0.15, 0.2) is 24.3 Å². The summed E-state index contributed by atoms with van der Waals surface area (Å²) in [5.41, 5.74) is 1.64. The number of carbonyl (C=O) groups excluding carboxylic acids is 1. The number of aliphatic carboxylic acids is 1. The summed E-state index contributed by atoms with van der Waals surface area (Å²) in [4.78, 5) is 22.5. The summed E-state index contributed by atoms with van der Waals surface area (Å²) in [6.07, 6.45) is 1.04. The first-order valence-corrected chi connectivity index (χ1v) is 5.84. The van der Waals surface area contributed by atoms with Crippen molar-refractivity contribution >= 4 is 11.8 Å². The molecule has 17 heavy (non-hydrogen) atoms. The number of hydrogen-bond acceptors (Lipinski definition) is 2. The number of carboxylic acids is 1. The number of Topliss-reactive ketones (excluding diaryl/α,β-unsaturated/α-hetero) is 1. The Hall–Kier alpha value is -1.64. The van der Waals surface area contributed by atoms with Crippen LogP contribution in [-0.4, -0.2) is 16.9 Å². The van der Waals surface area contributed by atoms with E-state index < -0.39 is 11.9 Å². The third kappa shape index (κ3) is 3.16. The summed E-state index contributed by atoms with van der Waals surface area (Å²) in [6, 6.07) is 7.22. The third-order valence-electron chi connectivity index (χ3n) is 3.14. The van der Waals surface area contributed by atoms with Crippen molar-refractivity contribution in [2.24, 2.45) is 5.92 Å². The number of ketones is 1. The fraction of sp³-hybridized carbons (Fsp3) is 0.429. The Labute approximate surface area is 101 Å². The van der Waals surface area contributed by atoms with Crippen molar-refractivity contribution in [3.05, 3.63) is 35.4 Å². The van der Waals surface area contributed by atoms with Crippen LogP contribution in [0.4, 0.5) is 0 Å². The maximum Gasteiger partial charge on any atom is 0.314 e. The van der Waals surface area contributed by atoms with E-state index in [0.717, 1.165) is 6.42 Å². The van der Waals surface area contributed by atoms with E-state index in [4.69, 9.17) is 5.11 Å². The van der Waals surface area contributed by atoms with Crippen molar-refractivity contribution in [3.63, 3.8) is 0 Å². The van der Waals surface area contributed by atoms with E-state index >= 15 is 0 Å². The van der Waals surface area contributed by atoms with Gasteiger partial charge in [0.25, 0.3) is 0 Å². The van der Waals surface area contributed by atoms with Gasteiger partial charge in [0.15, 0.2) is 5.78 Å². The average Bonchev–Trinajstić information content (AvgIpc) is 2.36. The summed E-state index contributed by atoms with van der Waals surface area (Å²) in [5, 5.41) is 8.77. The highest BCUT2D eigenvalue weighted by atomic mass is 16.4. The van der Waals surface area contributed by atoms with Crippen molar-refractivity contribution in [1.82, 2.24) is 0 Å². The van der Waals surface area contributed by atoms with Crippen LogP contribution in [0.5, 0.6) is 0 Å². The van der Waals surface area contributed by atoms with Gasteiger partial charge in [-0.05, 0) is 24.8 Å². The van der Waals surface area contributed by atoms with Crippen molar-refractivity contribution < 1.29 is 14.7 Å². The van der Waals surface area contributed by atoms with Gasteiger partial charge in [0.1, 0.15) is 5.92 Å². The predicted octanol–water partition coefficient (Wildman–Crippen LogP) is 3.10. The lowest BCUT2D eigenvalue weighted by Crippen LogP contribution is -2.20. The maximum absolute atomic E-state index is 11.8. The van der Waals surface area contributed by atoms with Gasteiger partial charge in [-0.1, -0.05) is 38.1 Å². The van der Waals surface area contributed by atoms with Gasteiger partial charge >= 0.3 is 5.97 Å². The minimum atomic E-state index is -1.08. The van der Waals surface area contributed by atoms with E-state index in [1.165, 1.54) is 12.5 Å². The van der Waals surface area contributed by atoms with E-state index in [2.05, 4.69) is 13.8 Å². The van der Waals surface area contributed by atoms with E-state index in [0.29, 0.717) is 11.5 Å². The Kier molecular flexibility index (Phi) is 4.44. The van der Waals surface area contributed by atoms with Crippen molar-refractivity contribution in [2.45, 2.75) is 33.1 Å². The monoisotopic (exact) mass is 234 g/mol. The fourth-order valence-electron chi connectivity index (χ4n) is 1.57. The molecule has 0 radical (unpaired) electrons. The van der Waals surface area contributed by atoms with Gasteiger partial charge in [-0.25, -0.2) is 0 Å². The van der Waals surface area contributed by atoms with Crippen LogP contribution < -0.4 is 0 Å². The van der Waals surface area contributed by atoms with Gasteiger partial charge in [-0.2, -0.15) is 0 Å². The van der Waals surface area contributed by atoms with Crippen LogP contribution in [0.25, 0.3) is 0 Å². The molecular weight excluding hydrogens is 216 g/mol. The zero-order valence-corrected chi connectivity index (χ0v) is 10.4. The Morgan fingerprint density at radius 1 is 1.18 bits per heavy atom. The lowest BCUT2D eigenvalue weighted by Gasteiger charge is -2.10. The quantitative estimate of drug-likeness (QED) is 0.629. The molecule has 2 unspecified atom stereocenters. The molecule has 0 fully saturated rings. The van der Waals surface area contributed by atoms with Crippen LogP contribution in [0.2, 0.25) is 0 Å². The smallest absolute Gasteiger partial charge is 0.314 e. The minimum Gasteiger partial charge on any atom is -0.481 e. The second kappa shape index (κ2) is 5.62. The van der Waals surface area contributed by atoms with Gasteiger partial charge in [-0.3, -0.25) is 9.59 Å². The molecule has 1 N–H and O–H groups in total. The molecule has 0 aromatic heterocycles. The largest absolute Gasteiger partial charge is 0.481 e. The number of rotatable bonds is 5. The summed E-state index contributed by atoms with van der Waals surface area (Å²) in [5.74, 6) is -1.95. The zero-order chi connectivity index (χ0) is 13.0. The summed E-state index contributed by atoms with van der Waals surface area (Å²) < 4.78 is 0. The topological polar surface area (TPSA) is 54.4 Å². The van der Waals surface area contributed by atoms with Gasteiger partial charge < -0.3 is 5.11 Å². The van der Waals surface area contributed by atoms with Gasteiger partial charge in [0.2, 0.25) is 0 Å². The number of benzene rings is 1. The van der Waals surface area contributed by atoms with Gasteiger partial charge in [0.05, 0.1) is 0 Å². The molecule has 0 amide bonds. The highest BCUT2D eigenvalue weighted by Crippen LogP contribution is 2.19. The van der Waals surface area contributed by atoms with Crippen LogP contribution in [0.1, 0.15) is 49.0 Å². The molecule has 0 saturated carbocycles. The Balaban J connectivity index is 2.88. The average molecular weight is 234 g/mol. The molecule has 3 heteroatoms. The van der Waals surface area contributed by atoms with E-state index in [1.807, 2.05) is 12.1 Å². The van der Waals surface area contributed by atoms with Gasteiger partial charge in [0, 0.05) is 5.56 Å². The second-order valence-electron chi connectivity index (χ2n) is 4.36. The first-order valence-electron chi connectivity index (χ1n) is 5.84. The zero-order valence-electron chi connectivity index (χ0n) is 10.4. The Bertz CT molecular complexity index is 406. The molecule has 92 valence electrons. The minimum absolute atomic E-state index is 0.340. The third-order valence-corrected chi connectivity index (χ3v) is 3.14. The molecular formula is C14H18O3. The number of carboxylic acid groups (broad SMARTS) is 1. The molecule has 3 nitrogen and oxygen atoms in total. The van der Waals surface area contributed by atoms with E-state index in [1.54, 1.807) is 12.1 Å². The summed E-state index contributed by atoms with van der Waals surface area (Å²) in [7, 11) is 0. The first kappa shape index (κ1) is 13.4. The normalized spacial score (nSPS) is 14.1. The first-order chi connectivity index (χ1) is 7.97. The predicted molar refractivity (Wildman–Crippen MR) is 66.3 cm³/mol. The highest BCUT2D eigenvalue weighted by molar-refractivity contribution is 6.07. The van der Waals surface area contributed by atoms with Crippen LogP contribution in [0, 0.1) is 5.92 Å². The van der Waals surface area contributed by atoms with Crippen molar-refractivity contribution in [2.75, 3.05) is 0 Å². The second-order valence-corrected chi connectivity index (χ2v) is 4.36. The maximum atomic E-state index is 11.8. The summed E-state index contributed by atoms with van der Waals surface area (Å²) in [6.45, 7) is 5.64. The van der Waals surface area contributed by atoms with E-state index in [9.17, 15) is 9.59 Å². The van der Waals surface area contributed by atoms with Gasteiger partial charge in [-0.15, -0.1) is 0 Å². The van der Waals surface area contributed by atoms with Crippen LogP contribution >= 0.6 is 0 Å². The summed E-state index contributed by atoms with van der Waals surface area (Å²) >= 11 is 0. The molecule has 0 saturated heterocycles. The molecule has 0 heterocycles. The molecule has 1 aromatic carbocycles. The molecule has 0 aliphatic heterocycles. The molecule has 0 aliphatic carbocycles. The SMILES string of the molecule is CCC(C)c1ccc(C(=O)C(C)C(=O)O)cc1. The Morgan fingerprint density at radius 3 is 2.12 bits per heavy atom. The van der Waals surface area contributed by atoms with Crippen LogP contribution in [0.3, 0.4) is 0 Å². The molecule has 1 rings (SSSR count). The lowest BCUT2D eigenvalue weighted by molar-refractivity contribution is -0.139. The van der Waals surface area contributed by atoms with Crippen molar-refractivity contribution in [1.29, 1.82) is 0 Å². The molecule has 0 spiro atoms. The number of carbonyl (C=O) groups is 2. The van der Waals surface area contributed by atoms with Crippen LogP contribution in [-0.2, 0) is 4.79 Å². The number of hydrogen-bond donors (Lipinski definition) is 1. The standard InChI is InChI=1S/C14H18O3/c1-4-9(2)11-5-7-12(8-6-11)13(15)10(3)14(16)17/h5-10H,4H2,1-3H3,(H,16,17). The van der Waals surface area contributed by atoms with Crippen molar-refractivity contribution in [3.8, 4) is 0 Å². The highest BCUT2D eigenvalue weighted by Gasteiger charge is 2.21.